The van der Waals surface area contributed by atoms with Crippen LogP contribution < -0.4 is 15.2 Å². The molecule has 1 aromatic carbocycles. The number of methoxy groups -OCH3 is 1. The number of hydrogen-bond donors (Lipinski definition) is 1. The number of hydrogen-bond acceptors (Lipinski definition) is 4. The lowest BCUT2D eigenvalue weighted by Gasteiger charge is -2.11. The molecule has 0 aliphatic heterocycles. The van der Waals surface area contributed by atoms with Crippen LogP contribution in [-0.4, -0.2) is 12.1 Å². The van der Waals surface area contributed by atoms with E-state index in [-0.39, 0.29) is 6.04 Å². The number of ether oxygens (including phenoxy) is 2. The number of pyridine rings is 1. The lowest BCUT2D eigenvalue weighted by molar-refractivity contribution is 0.299. The summed E-state index contributed by atoms with van der Waals surface area (Å²) in [6.07, 6.45) is 0. The first-order chi connectivity index (χ1) is 9.58. The van der Waals surface area contributed by atoms with Crippen molar-refractivity contribution in [3.8, 4) is 11.5 Å². The Morgan fingerprint density at radius 2 is 2.00 bits per heavy atom. The molecule has 1 heterocycles. The maximum Gasteiger partial charge on any atom is 0.130 e. The second kappa shape index (κ2) is 6.39. The van der Waals surface area contributed by atoms with Gasteiger partial charge in [0, 0.05) is 23.9 Å². The molecule has 0 spiro atoms. The van der Waals surface area contributed by atoms with Gasteiger partial charge in [0.25, 0.3) is 0 Å². The predicted octanol–water partition coefficient (Wildman–Crippen LogP) is 3.00. The third-order valence-electron chi connectivity index (χ3n) is 2.99. The Balaban J connectivity index is 2.08. The summed E-state index contributed by atoms with van der Waals surface area (Å²) in [5.74, 6) is 1.59. The summed E-state index contributed by atoms with van der Waals surface area (Å²) in [5, 5.41) is 0. The quantitative estimate of drug-likeness (QED) is 0.909. The average molecular weight is 272 g/mol. The van der Waals surface area contributed by atoms with E-state index in [2.05, 4.69) is 4.98 Å². The Bertz CT molecular complexity index is 582. The van der Waals surface area contributed by atoms with E-state index in [9.17, 15) is 0 Å². The van der Waals surface area contributed by atoms with E-state index in [1.165, 1.54) is 0 Å². The largest absolute Gasteiger partial charge is 0.497 e. The molecule has 0 amide bonds. The first-order valence-electron chi connectivity index (χ1n) is 6.58. The minimum atomic E-state index is -0.00395. The Morgan fingerprint density at radius 3 is 2.70 bits per heavy atom. The Morgan fingerprint density at radius 1 is 1.20 bits per heavy atom. The third kappa shape index (κ3) is 3.71. The highest BCUT2D eigenvalue weighted by molar-refractivity contribution is 5.31. The number of aryl methyl sites for hydroxylation is 1. The van der Waals surface area contributed by atoms with Crippen molar-refractivity contribution in [3.05, 3.63) is 53.3 Å². The molecule has 0 fully saturated rings. The van der Waals surface area contributed by atoms with E-state index in [0.717, 1.165) is 28.5 Å². The van der Waals surface area contributed by atoms with Crippen molar-refractivity contribution in [3.63, 3.8) is 0 Å². The van der Waals surface area contributed by atoms with Crippen LogP contribution in [0.15, 0.2) is 36.4 Å². The number of nitrogens with zero attached hydrogens (tertiary/aromatic N) is 1. The van der Waals surface area contributed by atoms with E-state index in [1.807, 2.05) is 50.2 Å². The summed E-state index contributed by atoms with van der Waals surface area (Å²) in [6.45, 7) is 4.29. The van der Waals surface area contributed by atoms with E-state index >= 15 is 0 Å². The van der Waals surface area contributed by atoms with Crippen LogP contribution in [0.1, 0.15) is 29.9 Å². The molecule has 0 radical (unpaired) electrons. The Hall–Kier alpha value is -2.07. The van der Waals surface area contributed by atoms with E-state index in [0.29, 0.717) is 6.61 Å². The highest BCUT2D eigenvalue weighted by atomic mass is 16.5. The lowest BCUT2D eigenvalue weighted by atomic mass is 10.1. The van der Waals surface area contributed by atoms with Crippen molar-refractivity contribution < 1.29 is 9.47 Å². The number of rotatable bonds is 5. The standard InChI is InChI=1S/C16H20N2O2/c1-11-7-16(19-3)9-14(18-11)10-20-15-6-4-5-13(8-15)12(2)17/h4-9,12H,10,17H2,1-3H3. The summed E-state index contributed by atoms with van der Waals surface area (Å²) in [6, 6.07) is 11.6. The fourth-order valence-electron chi connectivity index (χ4n) is 1.94. The second-order valence-electron chi connectivity index (χ2n) is 4.79. The summed E-state index contributed by atoms with van der Waals surface area (Å²) >= 11 is 0. The second-order valence-corrected chi connectivity index (χ2v) is 4.79. The number of aromatic nitrogens is 1. The van der Waals surface area contributed by atoms with Gasteiger partial charge in [-0.2, -0.15) is 0 Å². The van der Waals surface area contributed by atoms with Crippen molar-refractivity contribution in [1.82, 2.24) is 4.98 Å². The molecule has 2 rings (SSSR count). The minimum Gasteiger partial charge on any atom is -0.497 e. The van der Waals surface area contributed by atoms with Crippen LogP contribution in [0.4, 0.5) is 0 Å². The molecule has 4 nitrogen and oxygen atoms in total. The van der Waals surface area contributed by atoms with Gasteiger partial charge < -0.3 is 15.2 Å². The highest BCUT2D eigenvalue weighted by Crippen LogP contribution is 2.19. The molecule has 0 saturated heterocycles. The molecule has 1 atom stereocenters. The molecule has 4 heteroatoms. The number of benzene rings is 1. The molecule has 2 N–H and O–H groups in total. The van der Waals surface area contributed by atoms with Crippen LogP contribution in [-0.2, 0) is 6.61 Å². The molecule has 106 valence electrons. The van der Waals surface area contributed by atoms with E-state index < -0.39 is 0 Å². The van der Waals surface area contributed by atoms with Crippen molar-refractivity contribution in [1.29, 1.82) is 0 Å². The van der Waals surface area contributed by atoms with Gasteiger partial charge in [-0.05, 0) is 31.5 Å². The van der Waals surface area contributed by atoms with E-state index in [1.54, 1.807) is 7.11 Å². The molecule has 0 aliphatic carbocycles. The normalized spacial score (nSPS) is 12.0. The zero-order chi connectivity index (χ0) is 14.5. The molecule has 20 heavy (non-hydrogen) atoms. The van der Waals surface area contributed by atoms with Gasteiger partial charge in [-0.3, -0.25) is 4.98 Å². The van der Waals surface area contributed by atoms with Crippen molar-refractivity contribution >= 4 is 0 Å². The van der Waals surface area contributed by atoms with Crippen LogP contribution in [0.25, 0.3) is 0 Å². The monoisotopic (exact) mass is 272 g/mol. The summed E-state index contributed by atoms with van der Waals surface area (Å²) in [7, 11) is 1.64. The first-order valence-corrected chi connectivity index (χ1v) is 6.58. The van der Waals surface area contributed by atoms with Gasteiger partial charge in [0.15, 0.2) is 0 Å². The molecule has 0 bridgehead atoms. The fourth-order valence-corrected chi connectivity index (χ4v) is 1.94. The topological polar surface area (TPSA) is 57.4 Å². The summed E-state index contributed by atoms with van der Waals surface area (Å²) in [4.78, 5) is 4.42. The molecule has 1 aromatic heterocycles. The van der Waals surface area contributed by atoms with Crippen LogP contribution in [0.2, 0.25) is 0 Å². The van der Waals surface area contributed by atoms with Crippen LogP contribution in [0, 0.1) is 6.92 Å². The van der Waals surface area contributed by atoms with Gasteiger partial charge in [-0.15, -0.1) is 0 Å². The maximum atomic E-state index is 5.86. The highest BCUT2D eigenvalue weighted by Gasteiger charge is 2.04. The summed E-state index contributed by atoms with van der Waals surface area (Å²) in [5.41, 5.74) is 8.67. The van der Waals surface area contributed by atoms with Gasteiger partial charge in [0.05, 0.1) is 12.8 Å². The molecular weight excluding hydrogens is 252 g/mol. The number of nitrogens with two attached hydrogens (primary N) is 1. The lowest BCUT2D eigenvalue weighted by Crippen LogP contribution is -2.05. The van der Waals surface area contributed by atoms with Crippen molar-refractivity contribution in [2.45, 2.75) is 26.5 Å². The summed E-state index contributed by atoms with van der Waals surface area (Å²) < 4.78 is 11.0. The minimum absolute atomic E-state index is 0.00395. The Kier molecular flexibility index (Phi) is 4.58. The van der Waals surface area contributed by atoms with Gasteiger partial charge in [-0.1, -0.05) is 12.1 Å². The fraction of sp³-hybridized carbons (Fsp3) is 0.312. The molecular formula is C16H20N2O2. The van der Waals surface area contributed by atoms with Gasteiger partial charge in [0.2, 0.25) is 0 Å². The van der Waals surface area contributed by atoms with E-state index in [4.69, 9.17) is 15.2 Å². The van der Waals surface area contributed by atoms with Crippen molar-refractivity contribution in [2.75, 3.05) is 7.11 Å². The SMILES string of the molecule is COc1cc(C)nc(COc2cccc(C(C)N)c2)c1. The van der Waals surface area contributed by atoms with Crippen molar-refractivity contribution in [2.24, 2.45) is 5.73 Å². The zero-order valence-corrected chi connectivity index (χ0v) is 12.1. The van der Waals surface area contributed by atoms with Gasteiger partial charge in [0.1, 0.15) is 18.1 Å². The van der Waals surface area contributed by atoms with Gasteiger partial charge in [-0.25, -0.2) is 0 Å². The average Bonchev–Trinajstić information content (AvgIpc) is 2.44. The maximum absolute atomic E-state index is 5.86. The molecule has 0 aliphatic rings. The smallest absolute Gasteiger partial charge is 0.130 e. The van der Waals surface area contributed by atoms with Crippen LogP contribution >= 0.6 is 0 Å². The third-order valence-corrected chi connectivity index (χ3v) is 2.99. The zero-order valence-electron chi connectivity index (χ0n) is 12.1. The molecule has 2 aromatic rings. The van der Waals surface area contributed by atoms with Gasteiger partial charge >= 0.3 is 0 Å². The van der Waals surface area contributed by atoms with Crippen LogP contribution in [0.5, 0.6) is 11.5 Å². The van der Waals surface area contributed by atoms with Crippen LogP contribution in [0.3, 0.4) is 0 Å². The Labute approximate surface area is 119 Å². The molecule has 0 saturated carbocycles. The predicted molar refractivity (Wildman–Crippen MR) is 78.9 cm³/mol. The molecule has 1 unspecified atom stereocenters. The first kappa shape index (κ1) is 14.3.